The van der Waals surface area contributed by atoms with Crippen LogP contribution in [0.1, 0.15) is 19.8 Å². The van der Waals surface area contributed by atoms with Gasteiger partial charge < -0.3 is 4.74 Å². The Labute approximate surface area is 65.8 Å². The molecule has 1 fully saturated rings. The average molecular weight is 182 g/mol. The third-order valence-electron chi connectivity index (χ3n) is 1.84. The quantitative estimate of drug-likeness (QED) is 0.565. The summed E-state index contributed by atoms with van der Waals surface area (Å²) in [5.41, 5.74) is 0. The highest BCUT2D eigenvalue weighted by atomic mass is 32.3. The normalized spacial score (nSPS) is 33.6. The Bertz CT molecular complexity index is 224. The monoisotopic (exact) mass is 182 g/mol. The van der Waals surface area contributed by atoms with Gasteiger partial charge in [-0.05, 0) is 19.8 Å². The second-order valence-corrected chi connectivity index (χ2v) is 4.42. The first kappa shape index (κ1) is 8.93. The van der Waals surface area contributed by atoms with Gasteiger partial charge in [-0.3, -0.25) is 0 Å². The van der Waals surface area contributed by atoms with Crippen molar-refractivity contribution in [3.63, 3.8) is 0 Å². The van der Waals surface area contributed by atoms with Gasteiger partial charge >= 0.3 is 10.2 Å². The van der Waals surface area contributed by atoms with Gasteiger partial charge in [-0.25, -0.2) is 0 Å². The molecule has 0 radical (unpaired) electrons. The zero-order chi connectivity index (χ0) is 8.48. The lowest BCUT2D eigenvalue weighted by Crippen LogP contribution is -2.31. The zero-order valence-corrected chi connectivity index (χ0v) is 7.10. The maximum Gasteiger partial charge on any atom is 0.305 e. The van der Waals surface area contributed by atoms with Gasteiger partial charge in [0.05, 0.1) is 11.4 Å². The molecule has 66 valence electrons. The SMILES string of the molecule is CC1CC(S(=O)(=O)F)CCO1. The van der Waals surface area contributed by atoms with Crippen LogP contribution in [-0.2, 0) is 15.0 Å². The summed E-state index contributed by atoms with van der Waals surface area (Å²) in [5.74, 6) is 0. The molecule has 1 rings (SSSR count). The van der Waals surface area contributed by atoms with E-state index in [1.807, 2.05) is 0 Å². The Balaban J connectivity index is 2.60. The molecule has 2 atom stereocenters. The van der Waals surface area contributed by atoms with E-state index in [1.54, 1.807) is 6.92 Å². The van der Waals surface area contributed by atoms with Crippen LogP contribution in [0.2, 0.25) is 0 Å². The summed E-state index contributed by atoms with van der Waals surface area (Å²) in [6.07, 6.45) is 0.418. The first-order chi connectivity index (χ1) is 5.00. The molecule has 1 saturated heterocycles. The molecule has 0 aromatic rings. The van der Waals surface area contributed by atoms with Gasteiger partial charge in [0, 0.05) is 6.61 Å². The predicted molar refractivity (Wildman–Crippen MR) is 38.5 cm³/mol. The summed E-state index contributed by atoms with van der Waals surface area (Å²) in [6.45, 7) is 2.09. The van der Waals surface area contributed by atoms with E-state index in [-0.39, 0.29) is 18.9 Å². The minimum Gasteiger partial charge on any atom is -0.378 e. The van der Waals surface area contributed by atoms with E-state index < -0.39 is 15.5 Å². The highest BCUT2D eigenvalue weighted by Gasteiger charge is 2.30. The van der Waals surface area contributed by atoms with E-state index in [2.05, 4.69) is 0 Å². The van der Waals surface area contributed by atoms with Crippen LogP contribution in [0.15, 0.2) is 0 Å². The molecule has 0 bridgehead atoms. The van der Waals surface area contributed by atoms with Crippen molar-refractivity contribution in [2.75, 3.05) is 6.61 Å². The van der Waals surface area contributed by atoms with Crippen molar-refractivity contribution in [3.05, 3.63) is 0 Å². The van der Waals surface area contributed by atoms with Gasteiger partial charge in [0.15, 0.2) is 0 Å². The lowest BCUT2D eigenvalue weighted by Gasteiger charge is -2.23. The average Bonchev–Trinajstić information content (AvgIpc) is 1.86. The molecule has 0 saturated carbocycles. The number of hydrogen-bond acceptors (Lipinski definition) is 3. The Morgan fingerprint density at radius 2 is 2.18 bits per heavy atom. The second-order valence-electron chi connectivity index (χ2n) is 2.80. The standard InChI is InChI=1S/C6H11FO3S/c1-5-4-6(2-3-10-5)11(7,8)9/h5-6H,2-4H2,1H3. The largest absolute Gasteiger partial charge is 0.378 e. The van der Waals surface area contributed by atoms with Gasteiger partial charge in [0.1, 0.15) is 0 Å². The van der Waals surface area contributed by atoms with Crippen LogP contribution in [0.3, 0.4) is 0 Å². The molecule has 1 heterocycles. The van der Waals surface area contributed by atoms with Gasteiger partial charge in [0.25, 0.3) is 0 Å². The van der Waals surface area contributed by atoms with Crippen molar-refractivity contribution < 1.29 is 17.0 Å². The topological polar surface area (TPSA) is 43.4 Å². The van der Waals surface area contributed by atoms with Crippen LogP contribution >= 0.6 is 0 Å². The van der Waals surface area contributed by atoms with Gasteiger partial charge in [-0.1, -0.05) is 0 Å². The van der Waals surface area contributed by atoms with Gasteiger partial charge in [-0.2, -0.15) is 8.42 Å². The Hall–Kier alpha value is -0.160. The molecule has 5 heteroatoms. The lowest BCUT2D eigenvalue weighted by atomic mass is 10.1. The van der Waals surface area contributed by atoms with E-state index in [9.17, 15) is 12.3 Å². The van der Waals surface area contributed by atoms with Crippen molar-refractivity contribution in [1.29, 1.82) is 0 Å². The molecule has 1 aliphatic heterocycles. The predicted octanol–water partition coefficient (Wildman–Crippen LogP) is 0.853. The molecular weight excluding hydrogens is 171 g/mol. The molecule has 0 amide bonds. The summed E-state index contributed by atoms with van der Waals surface area (Å²) in [4.78, 5) is 0. The Morgan fingerprint density at radius 3 is 2.55 bits per heavy atom. The van der Waals surface area contributed by atoms with E-state index in [0.29, 0.717) is 6.61 Å². The number of halogens is 1. The third kappa shape index (κ3) is 2.41. The van der Waals surface area contributed by atoms with E-state index in [1.165, 1.54) is 0 Å². The molecule has 0 N–H and O–H groups in total. The minimum absolute atomic E-state index is 0.140. The Kier molecular flexibility index (Phi) is 2.49. The van der Waals surface area contributed by atoms with Crippen molar-refractivity contribution in [3.8, 4) is 0 Å². The highest BCUT2D eigenvalue weighted by molar-refractivity contribution is 7.87. The van der Waals surface area contributed by atoms with Gasteiger partial charge in [-0.15, -0.1) is 3.89 Å². The summed E-state index contributed by atoms with van der Waals surface area (Å²) in [5, 5.41) is -0.841. The minimum atomic E-state index is -4.34. The smallest absolute Gasteiger partial charge is 0.305 e. The molecule has 1 aliphatic rings. The molecule has 0 aromatic carbocycles. The lowest BCUT2D eigenvalue weighted by molar-refractivity contribution is 0.0295. The van der Waals surface area contributed by atoms with Gasteiger partial charge in [0.2, 0.25) is 0 Å². The van der Waals surface area contributed by atoms with E-state index in [4.69, 9.17) is 4.74 Å². The summed E-state index contributed by atoms with van der Waals surface area (Å²) in [7, 11) is -4.34. The second kappa shape index (κ2) is 3.06. The van der Waals surface area contributed by atoms with Crippen LogP contribution in [0.4, 0.5) is 3.89 Å². The van der Waals surface area contributed by atoms with E-state index in [0.717, 1.165) is 0 Å². The van der Waals surface area contributed by atoms with E-state index >= 15 is 0 Å². The molecule has 0 spiro atoms. The molecule has 0 aromatic heterocycles. The number of hydrogen-bond donors (Lipinski definition) is 0. The van der Waals surface area contributed by atoms with Crippen molar-refractivity contribution >= 4 is 10.2 Å². The zero-order valence-electron chi connectivity index (χ0n) is 6.29. The van der Waals surface area contributed by atoms with Crippen LogP contribution in [0, 0.1) is 0 Å². The fraction of sp³-hybridized carbons (Fsp3) is 1.00. The summed E-state index contributed by atoms with van der Waals surface area (Å²) in [6, 6.07) is 0. The van der Waals surface area contributed by atoms with Crippen molar-refractivity contribution in [1.82, 2.24) is 0 Å². The highest BCUT2D eigenvalue weighted by Crippen LogP contribution is 2.20. The molecule has 2 unspecified atom stereocenters. The van der Waals surface area contributed by atoms with Crippen LogP contribution in [0.5, 0.6) is 0 Å². The summed E-state index contributed by atoms with van der Waals surface area (Å²) < 4.78 is 38.3. The fourth-order valence-electron chi connectivity index (χ4n) is 1.21. The van der Waals surface area contributed by atoms with Crippen LogP contribution in [-0.4, -0.2) is 26.4 Å². The van der Waals surface area contributed by atoms with Crippen LogP contribution < -0.4 is 0 Å². The maximum absolute atomic E-state index is 12.4. The molecule has 11 heavy (non-hydrogen) atoms. The fourth-order valence-corrected chi connectivity index (χ4v) is 2.09. The molecule has 3 nitrogen and oxygen atoms in total. The molecule has 0 aliphatic carbocycles. The number of rotatable bonds is 1. The first-order valence-electron chi connectivity index (χ1n) is 3.55. The van der Waals surface area contributed by atoms with Crippen molar-refractivity contribution in [2.45, 2.75) is 31.1 Å². The first-order valence-corrected chi connectivity index (χ1v) is 5.00. The number of ether oxygens (including phenoxy) is 1. The van der Waals surface area contributed by atoms with Crippen molar-refractivity contribution in [2.24, 2.45) is 0 Å². The Morgan fingerprint density at radius 1 is 1.55 bits per heavy atom. The third-order valence-corrected chi connectivity index (χ3v) is 3.06. The maximum atomic E-state index is 12.4. The summed E-state index contributed by atoms with van der Waals surface area (Å²) >= 11 is 0. The molecular formula is C6H11FO3S. The van der Waals surface area contributed by atoms with Crippen LogP contribution in [0.25, 0.3) is 0 Å².